The molecule has 0 aromatic carbocycles. The van der Waals surface area contributed by atoms with Crippen LogP contribution in [0.3, 0.4) is 0 Å². The molecule has 1 heterocycles. The zero-order valence-electron chi connectivity index (χ0n) is 9.82. The van der Waals surface area contributed by atoms with E-state index in [2.05, 4.69) is 38.5 Å². The van der Waals surface area contributed by atoms with E-state index in [-0.39, 0.29) is 6.04 Å². The molecule has 0 radical (unpaired) electrons. The number of hydrogen-bond acceptors (Lipinski definition) is 3. The van der Waals surface area contributed by atoms with Crippen molar-refractivity contribution in [2.24, 2.45) is 5.84 Å². The summed E-state index contributed by atoms with van der Waals surface area (Å²) in [4.78, 5) is 4.20. The highest BCUT2D eigenvalue weighted by molar-refractivity contribution is 9.10. The van der Waals surface area contributed by atoms with Crippen LogP contribution in [-0.2, 0) is 0 Å². The average Bonchev–Trinajstić information content (AvgIpc) is 2.59. The van der Waals surface area contributed by atoms with Gasteiger partial charge in [-0.15, -0.1) is 0 Å². The van der Waals surface area contributed by atoms with Crippen molar-refractivity contribution in [1.82, 2.24) is 10.4 Å². The van der Waals surface area contributed by atoms with Crippen molar-refractivity contribution in [3.8, 4) is 0 Å². The molecule has 2 rings (SSSR count). The van der Waals surface area contributed by atoms with Crippen LogP contribution in [0.1, 0.15) is 43.7 Å². The first-order valence-corrected chi connectivity index (χ1v) is 6.86. The Labute approximate surface area is 111 Å². The van der Waals surface area contributed by atoms with E-state index in [9.17, 15) is 0 Å². The van der Waals surface area contributed by atoms with Crippen LogP contribution in [0.2, 0.25) is 0 Å². The predicted octanol–water partition coefficient (Wildman–Crippen LogP) is 3.24. The average molecular weight is 296 g/mol. The van der Waals surface area contributed by atoms with Gasteiger partial charge in [-0.05, 0) is 53.2 Å². The number of halogens is 1. The predicted molar refractivity (Wildman–Crippen MR) is 73.2 cm³/mol. The fourth-order valence-corrected chi connectivity index (χ4v) is 2.69. The fraction of sp³-hybridized carbons (Fsp3) is 0.462. The molecule has 1 atom stereocenters. The van der Waals surface area contributed by atoms with Crippen molar-refractivity contribution in [2.75, 3.05) is 0 Å². The van der Waals surface area contributed by atoms with Gasteiger partial charge in [-0.1, -0.05) is 18.1 Å². The topological polar surface area (TPSA) is 50.9 Å². The highest BCUT2D eigenvalue weighted by Crippen LogP contribution is 2.29. The molecule has 1 aliphatic rings. The maximum Gasteiger partial charge on any atom is 0.0685 e. The lowest BCUT2D eigenvalue weighted by atomic mass is 9.97. The van der Waals surface area contributed by atoms with Crippen molar-refractivity contribution in [3.05, 3.63) is 40.1 Å². The third kappa shape index (κ3) is 3.37. The molecule has 4 heteroatoms. The van der Waals surface area contributed by atoms with E-state index in [1.165, 1.54) is 24.8 Å². The van der Waals surface area contributed by atoms with Crippen LogP contribution in [0.5, 0.6) is 0 Å². The van der Waals surface area contributed by atoms with Crippen LogP contribution in [0.4, 0.5) is 0 Å². The van der Waals surface area contributed by atoms with E-state index in [0.29, 0.717) is 0 Å². The van der Waals surface area contributed by atoms with Crippen LogP contribution in [0.25, 0.3) is 0 Å². The Morgan fingerprint density at radius 1 is 1.29 bits per heavy atom. The van der Waals surface area contributed by atoms with Crippen LogP contribution in [0.15, 0.2) is 34.6 Å². The number of aromatic nitrogens is 1. The van der Waals surface area contributed by atoms with Gasteiger partial charge in [0.05, 0.1) is 6.04 Å². The molecule has 0 bridgehead atoms. The number of nitrogens with zero attached hydrogens (tertiary/aromatic N) is 1. The second-order valence-electron chi connectivity index (χ2n) is 4.41. The molecule has 1 aromatic heterocycles. The van der Waals surface area contributed by atoms with E-state index in [1.807, 2.05) is 6.20 Å². The van der Waals surface area contributed by atoms with E-state index < -0.39 is 0 Å². The first-order chi connectivity index (χ1) is 8.31. The Bertz CT molecular complexity index is 403. The highest BCUT2D eigenvalue weighted by Gasteiger charge is 2.16. The minimum atomic E-state index is 0.0955. The SMILES string of the molecule is NNC(C1=CCCCCC1)c1cncc(Br)c1. The smallest absolute Gasteiger partial charge is 0.0685 e. The zero-order valence-corrected chi connectivity index (χ0v) is 11.4. The van der Waals surface area contributed by atoms with Gasteiger partial charge in [-0.2, -0.15) is 0 Å². The zero-order chi connectivity index (χ0) is 12.1. The molecule has 0 aliphatic heterocycles. The Balaban J connectivity index is 2.23. The van der Waals surface area contributed by atoms with Gasteiger partial charge in [0, 0.05) is 16.9 Å². The molecular formula is C13H18BrN3. The Morgan fingerprint density at radius 2 is 2.18 bits per heavy atom. The Kier molecular flexibility index (Phi) is 4.71. The van der Waals surface area contributed by atoms with Gasteiger partial charge in [0.1, 0.15) is 0 Å². The van der Waals surface area contributed by atoms with Crippen molar-refractivity contribution in [2.45, 2.75) is 38.1 Å². The summed E-state index contributed by atoms with van der Waals surface area (Å²) in [5, 5.41) is 0. The van der Waals surface area contributed by atoms with Crippen molar-refractivity contribution in [1.29, 1.82) is 0 Å². The summed E-state index contributed by atoms with van der Waals surface area (Å²) in [5.41, 5.74) is 5.43. The van der Waals surface area contributed by atoms with Crippen LogP contribution in [0, 0.1) is 0 Å². The normalized spacial score (nSPS) is 18.4. The summed E-state index contributed by atoms with van der Waals surface area (Å²) in [5.74, 6) is 5.70. The number of pyridine rings is 1. The number of rotatable bonds is 3. The van der Waals surface area contributed by atoms with E-state index >= 15 is 0 Å². The van der Waals surface area contributed by atoms with Gasteiger partial charge in [0.15, 0.2) is 0 Å². The molecule has 0 amide bonds. The van der Waals surface area contributed by atoms with Gasteiger partial charge in [0.2, 0.25) is 0 Å². The van der Waals surface area contributed by atoms with Gasteiger partial charge >= 0.3 is 0 Å². The summed E-state index contributed by atoms with van der Waals surface area (Å²) < 4.78 is 0.990. The minimum absolute atomic E-state index is 0.0955. The van der Waals surface area contributed by atoms with Gasteiger partial charge in [-0.3, -0.25) is 10.8 Å². The minimum Gasteiger partial charge on any atom is -0.271 e. The largest absolute Gasteiger partial charge is 0.271 e. The maximum absolute atomic E-state index is 5.70. The van der Waals surface area contributed by atoms with Crippen molar-refractivity contribution in [3.63, 3.8) is 0 Å². The fourth-order valence-electron chi connectivity index (χ4n) is 2.31. The monoisotopic (exact) mass is 295 g/mol. The molecule has 3 N–H and O–H groups in total. The first kappa shape index (κ1) is 12.7. The van der Waals surface area contributed by atoms with E-state index in [0.717, 1.165) is 22.9 Å². The molecule has 1 aliphatic carbocycles. The lowest BCUT2D eigenvalue weighted by molar-refractivity contribution is 0.591. The van der Waals surface area contributed by atoms with Crippen LogP contribution >= 0.6 is 15.9 Å². The molecule has 0 fully saturated rings. The summed E-state index contributed by atoms with van der Waals surface area (Å²) in [6.07, 6.45) is 12.1. The second-order valence-corrected chi connectivity index (χ2v) is 5.33. The molecule has 1 aromatic rings. The van der Waals surface area contributed by atoms with Gasteiger partial charge in [-0.25, -0.2) is 5.43 Å². The van der Waals surface area contributed by atoms with Crippen molar-refractivity contribution >= 4 is 15.9 Å². The standard InChI is InChI=1S/C13H18BrN3/c14-12-7-11(8-16-9-12)13(17-15)10-5-3-1-2-4-6-10/h5,7-9,13,17H,1-4,6,15H2. The third-order valence-corrected chi connectivity index (χ3v) is 3.61. The molecule has 1 unspecified atom stereocenters. The molecule has 3 nitrogen and oxygen atoms in total. The Hall–Kier alpha value is -0.710. The summed E-state index contributed by atoms with van der Waals surface area (Å²) in [6.45, 7) is 0. The summed E-state index contributed by atoms with van der Waals surface area (Å²) in [7, 11) is 0. The van der Waals surface area contributed by atoms with Crippen molar-refractivity contribution < 1.29 is 0 Å². The lowest BCUT2D eigenvalue weighted by Gasteiger charge is -2.19. The quantitative estimate of drug-likeness (QED) is 0.511. The molecule has 0 saturated heterocycles. The van der Waals surface area contributed by atoms with Gasteiger partial charge in [0.25, 0.3) is 0 Å². The van der Waals surface area contributed by atoms with Crippen LogP contribution in [-0.4, -0.2) is 4.98 Å². The first-order valence-electron chi connectivity index (χ1n) is 6.07. The number of hydrogen-bond donors (Lipinski definition) is 2. The maximum atomic E-state index is 5.70. The molecule has 0 saturated carbocycles. The molecule has 0 spiro atoms. The Morgan fingerprint density at radius 3 is 2.94 bits per heavy atom. The van der Waals surface area contributed by atoms with E-state index in [1.54, 1.807) is 6.20 Å². The second kappa shape index (κ2) is 6.28. The molecule has 17 heavy (non-hydrogen) atoms. The summed E-state index contributed by atoms with van der Waals surface area (Å²) >= 11 is 3.45. The number of nitrogens with one attached hydrogen (secondary N) is 1. The molecular weight excluding hydrogens is 278 g/mol. The summed E-state index contributed by atoms with van der Waals surface area (Å²) in [6, 6.07) is 2.17. The molecule has 92 valence electrons. The number of nitrogens with two attached hydrogens (primary N) is 1. The highest BCUT2D eigenvalue weighted by atomic mass is 79.9. The number of allylic oxidation sites excluding steroid dienone is 1. The lowest BCUT2D eigenvalue weighted by Crippen LogP contribution is -2.29. The van der Waals surface area contributed by atoms with Crippen LogP contribution < -0.4 is 11.3 Å². The van der Waals surface area contributed by atoms with E-state index in [4.69, 9.17) is 5.84 Å². The van der Waals surface area contributed by atoms with Gasteiger partial charge < -0.3 is 0 Å². The third-order valence-electron chi connectivity index (χ3n) is 3.17. The number of hydrazine groups is 1.